The Morgan fingerprint density at radius 2 is 2.00 bits per heavy atom. The van der Waals surface area contributed by atoms with Gasteiger partial charge in [-0.05, 0) is 41.1 Å². The first kappa shape index (κ1) is 15.4. The minimum Gasteiger partial charge on any atom is -0.337 e. The number of hydrogen-bond donors (Lipinski definition) is 0. The van der Waals surface area contributed by atoms with E-state index in [1.165, 1.54) is 6.33 Å². The zero-order chi connectivity index (χ0) is 16.1. The highest BCUT2D eigenvalue weighted by Gasteiger charge is 2.19. The number of carbonyl (C=O) groups excluding carboxylic acids is 1. The van der Waals surface area contributed by atoms with Crippen LogP contribution in [0, 0.1) is 0 Å². The predicted octanol–water partition coefficient (Wildman–Crippen LogP) is 0.996. The highest BCUT2D eigenvalue weighted by molar-refractivity contribution is 5.94. The molecule has 120 valence electrons. The second kappa shape index (κ2) is 7.15. The number of benzene rings is 1. The largest absolute Gasteiger partial charge is 0.337 e. The molecule has 0 radical (unpaired) electrons. The Balaban J connectivity index is 1.67. The summed E-state index contributed by atoms with van der Waals surface area (Å²) in [6, 6.07) is 7.36. The second-order valence-corrected chi connectivity index (χ2v) is 5.54. The Labute approximate surface area is 135 Å². The van der Waals surface area contributed by atoms with Crippen molar-refractivity contribution in [3.8, 4) is 5.69 Å². The number of aromatic nitrogens is 4. The van der Waals surface area contributed by atoms with Gasteiger partial charge in [0.25, 0.3) is 5.91 Å². The SMILES string of the molecule is C=CCN1CCCN(C(=O)c2ccc(-n3cnnn3)cc2)CC1. The summed E-state index contributed by atoms with van der Waals surface area (Å²) in [5.74, 6) is 0.0775. The first-order valence-electron chi connectivity index (χ1n) is 7.74. The van der Waals surface area contributed by atoms with E-state index in [1.54, 1.807) is 4.68 Å². The van der Waals surface area contributed by atoms with Gasteiger partial charge in [0.15, 0.2) is 0 Å². The molecule has 1 aliphatic heterocycles. The summed E-state index contributed by atoms with van der Waals surface area (Å²) in [6.07, 6.45) is 4.43. The zero-order valence-electron chi connectivity index (χ0n) is 13.0. The molecule has 1 fully saturated rings. The molecule has 0 aliphatic carbocycles. The van der Waals surface area contributed by atoms with E-state index < -0.39 is 0 Å². The lowest BCUT2D eigenvalue weighted by atomic mass is 10.1. The molecule has 0 atom stereocenters. The van der Waals surface area contributed by atoms with E-state index in [2.05, 4.69) is 27.0 Å². The summed E-state index contributed by atoms with van der Waals surface area (Å²) in [6.45, 7) is 8.10. The molecule has 2 aromatic rings. The number of hydrogen-bond acceptors (Lipinski definition) is 5. The molecule has 0 saturated carbocycles. The molecule has 7 nitrogen and oxygen atoms in total. The maximum Gasteiger partial charge on any atom is 0.253 e. The smallest absolute Gasteiger partial charge is 0.253 e. The number of nitrogens with zero attached hydrogens (tertiary/aromatic N) is 6. The topological polar surface area (TPSA) is 67.2 Å². The molecule has 0 bridgehead atoms. The van der Waals surface area contributed by atoms with Crippen molar-refractivity contribution in [1.82, 2.24) is 30.0 Å². The molecule has 1 aliphatic rings. The molecule has 0 spiro atoms. The van der Waals surface area contributed by atoms with Crippen LogP contribution in [0.1, 0.15) is 16.8 Å². The molecule has 0 N–H and O–H groups in total. The molecule has 1 aromatic carbocycles. The summed E-state index contributed by atoms with van der Waals surface area (Å²) >= 11 is 0. The van der Waals surface area contributed by atoms with Crippen LogP contribution in [0.5, 0.6) is 0 Å². The molecule has 1 saturated heterocycles. The Bertz CT molecular complexity index is 652. The van der Waals surface area contributed by atoms with Crippen molar-refractivity contribution in [2.75, 3.05) is 32.7 Å². The summed E-state index contributed by atoms with van der Waals surface area (Å²) in [4.78, 5) is 16.9. The summed E-state index contributed by atoms with van der Waals surface area (Å²) in [5, 5.41) is 11.1. The molecular weight excluding hydrogens is 292 g/mol. The normalized spacial score (nSPS) is 16.1. The molecule has 1 aromatic heterocycles. The third-order valence-electron chi connectivity index (χ3n) is 3.99. The zero-order valence-corrected chi connectivity index (χ0v) is 13.0. The van der Waals surface area contributed by atoms with Gasteiger partial charge in [0.05, 0.1) is 5.69 Å². The minimum atomic E-state index is 0.0775. The molecule has 3 rings (SSSR count). The van der Waals surface area contributed by atoms with Crippen LogP contribution in [0.3, 0.4) is 0 Å². The lowest BCUT2D eigenvalue weighted by Gasteiger charge is -2.21. The summed E-state index contributed by atoms with van der Waals surface area (Å²) in [7, 11) is 0. The van der Waals surface area contributed by atoms with Crippen LogP contribution in [-0.4, -0.2) is 68.6 Å². The van der Waals surface area contributed by atoms with E-state index in [4.69, 9.17) is 0 Å². The van der Waals surface area contributed by atoms with Crippen LogP contribution in [0.15, 0.2) is 43.2 Å². The highest BCUT2D eigenvalue weighted by atomic mass is 16.2. The van der Waals surface area contributed by atoms with Crippen molar-refractivity contribution in [3.05, 3.63) is 48.8 Å². The van der Waals surface area contributed by atoms with E-state index in [0.717, 1.165) is 44.8 Å². The third-order valence-corrected chi connectivity index (χ3v) is 3.99. The van der Waals surface area contributed by atoms with E-state index in [-0.39, 0.29) is 5.91 Å². The Kier molecular flexibility index (Phi) is 4.77. The predicted molar refractivity (Wildman–Crippen MR) is 86.3 cm³/mol. The van der Waals surface area contributed by atoms with Crippen molar-refractivity contribution >= 4 is 5.91 Å². The van der Waals surface area contributed by atoms with Crippen molar-refractivity contribution < 1.29 is 4.79 Å². The molecule has 7 heteroatoms. The van der Waals surface area contributed by atoms with E-state index in [1.807, 2.05) is 35.2 Å². The quantitative estimate of drug-likeness (QED) is 0.788. The van der Waals surface area contributed by atoms with Gasteiger partial charge in [-0.25, -0.2) is 4.68 Å². The molecule has 1 amide bonds. The maximum absolute atomic E-state index is 12.7. The fraction of sp³-hybridized carbons (Fsp3) is 0.375. The van der Waals surface area contributed by atoms with Crippen molar-refractivity contribution in [3.63, 3.8) is 0 Å². The van der Waals surface area contributed by atoms with Crippen molar-refractivity contribution in [2.45, 2.75) is 6.42 Å². The standard InChI is InChI=1S/C16H20N6O/c1-2-8-20-9-3-10-21(12-11-20)16(23)14-4-6-15(7-5-14)22-13-17-18-19-22/h2,4-7,13H,1,3,8-12H2. The monoisotopic (exact) mass is 312 g/mol. The van der Waals surface area contributed by atoms with E-state index >= 15 is 0 Å². The van der Waals surface area contributed by atoms with Gasteiger partial charge in [-0.1, -0.05) is 6.08 Å². The fourth-order valence-electron chi connectivity index (χ4n) is 2.76. The van der Waals surface area contributed by atoms with E-state index in [9.17, 15) is 4.79 Å². The average Bonchev–Trinajstić information content (AvgIpc) is 3.02. The van der Waals surface area contributed by atoms with Crippen LogP contribution in [0.25, 0.3) is 5.69 Å². The molecule has 2 heterocycles. The van der Waals surface area contributed by atoms with Crippen LogP contribution in [0.2, 0.25) is 0 Å². The van der Waals surface area contributed by atoms with Gasteiger partial charge >= 0.3 is 0 Å². The Morgan fingerprint density at radius 1 is 1.17 bits per heavy atom. The summed E-state index contributed by atoms with van der Waals surface area (Å²) in [5.41, 5.74) is 1.53. The van der Waals surface area contributed by atoms with Gasteiger partial charge in [-0.15, -0.1) is 11.7 Å². The van der Waals surface area contributed by atoms with Gasteiger partial charge in [0.1, 0.15) is 6.33 Å². The second-order valence-electron chi connectivity index (χ2n) is 5.54. The summed E-state index contributed by atoms with van der Waals surface area (Å²) < 4.78 is 1.56. The molecule has 23 heavy (non-hydrogen) atoms. The average molecular weight is 312 g/mol. The first-order valence-corrected chi connectivity index (χ1v) is 7.74. The van der Waals surface area contributed by atoms with Gasteiger partial charge < -0.3 is 4.90 Å². The number of carbonyl (C=O) groups is 1. The van der Waals surface area contributed by atoms with Crippen LogP contribution < -0.4 is 0 Å². The number of tetrazole rings is 1. The van der Waals surface area contributed by atoms with Gasteiger partial charge in [0.2, 0.25) is 0 Å². The van der Waals surface area contributed by atoms with Crippen LogP contribution in [-0.2, 0) is 0 Å². The van der Waals surface area contributed by atoms with Crippen molar-refractivity contribution in [1.29, 1.82) is 0 Å². The minimum absolute atomic E-state index is 0.0775. The molecule has 0 unspecified atom stereocenters. The molecular formula is C16H20N6O. The lowest BCUT2D eigenvalue weighted by molar-refractivity contribution is 0.0762. The first-order chi connectivity index (χ1) is 11.3. The van der Waals surface area contributed by atoms with E-state index in [0.29, 0.717) is 5.56 Å². The Morgan fingerprint density at radius 3 is 2.70 bits per heavy atom. The Hall–Kier alpha value is -2.54. The van der Waals surface area contributed by atoms with Crippen LogP contribution >= 0.6 is 0 Å². The van der Waals surface area contributed by atoms with Crippen LogP contribution in [0.4, 0.5) is 0 Å². The fourth-order valence-corrected chi connectivity index (χ4v) is 2.76. The number of rotatable bonds is 4. The van der Waals surface area contributed by atoms with Crippen molar-refractivity contribution in [2.24, 2.45) is 0 Å². The van der Waals surface area contributed by atoms with Gasteiger partial charge in [-0.3, -0.25) is 9.69 Å². The van der Waals surface area contributed by atoms with Gasteiger partial charge in [-0.2, -0.15) is 0 Å². The van der Waals surface area contributed by atoms with Gasteiger partial charge in [0, 0.05) is 38.3 Å². The lowest BCUT2D eigenvalue weighted by Crippen LogP contribution is -2.35. The maximum atomic E-state index is 12.7. The number of amides is 1. The highest BCUT2D eigenvalue weighted by Crippen LogP contribution is 2.12. The third kappa shape index (κ3) is 3.62.